The van der Waals surface area contributed by atoms with Gasteiger partial charge < -0.3 is 10.4 Å². The Balaban J connectivity index is 2.24. The summed E-state index contributed by atoms with van der Waals surface area (Å²) in [6.45, 7) is 3.20. The molecule has 1 aromatic heterocycles. The van der Waals surface area contributed by atoms with E-state index in [9.17, 15) is 9.90 Å². The first kappa shape index (κ1) is 15.3. The number of nitrogens with zero attached hydrogens (tertiary/aromatic N) is 2. The number of hydrogen-bond donors (Lipinski definition) is 2. The van der Waals surface area contributed by atoms with E-state index in [1.54, 1.807) is 37.4 Å². The summed E-state index contributed by atoms with van der Waals surface area (Å²) >= 11 is 7.37. The molecule has 7 heteroatoms. The zero-order valence-corrected chi connectivity index (χ0v) is 12.9. The number of nitriles is 1. The number of anilines is 2. The minimum Gasteiger partial charge on any atom is -0.481 e. The molecule has 0 spiro atoms. The second-order valence-electron chi connectivity index (χ2n) is 4.90. The lowest BCUT2D eigenvalue weighted by Gasteiger charge is -2.15. The standard InChI is InChI=1S/C14H12ClN3O2S/c1-14(2,12(19)20)11-7-21-13(18-11)17-10-4-3-8(6-16)5-9(10)15/h3-5,7H,1-2H3,(H,17,18)(H,19,20). The Bertz CT molecular complexity index is 734. The quantitative estimate of drug-likeness (QED) is 0.895. The topological polar surface area (TPSA) is 86.0 Å². The Morgan fingerprint density at radius 1 is 1.52 bits per heavy atom. The molecule has 0 atom stereocenters. The summed E-state index contributed by atoms with van der Waals surface area (Å²) in [6.07, 6.45) is 0. The fourth-order valence-electron chi connectivity index (χ4n) is 1.53. The third-order valence-corrected chi connectivity index (χ3v) is 4.09. The maximum atomic E-state index is 11.2. The molecule has 0 unspecified atom stereocenters. The molecule has 0 saturated heterocycles. The summed E-state index contributed by atoms with van der Waals surface area (Å²) in [5.41, 5.74) is 0.514. The lowest BCUT2D eigenvalue weighted by atomic mass is 9.90. The SMILES string of the molecule is CC(C)(C(=O)O)c1csc(Nc2ccc(C#N)cc2Cl)n1. The van der Waals surface area contributed by atoms with Gasteiger partial charge in [-0.3, -0.25) is 4.79 Å². The van der Waals surface area contributed by atoms with E-state index in [0.29, 0.717) is 27.1 Å². The molecule has 2 aromatic rings. The molecule has 2 N–H and O–H groups in total. The molecular formula is C14H12ClN3O2S. The number of benzene rings is 1. The minimum atomic E-state index is -1.05. The van der Waals surface area contributed by atoms with Gasteiger partial charge in [0.2, 0.25) is 0 Å². The van der Waals surface area contributed by atoms with Crippen LogP contribution in [0, 0.1) is 11.3 Å². The largest absolute Gasteiger partial charge is 0.481 e. The van der Waals surface area contributed by atoms with Crippen LogP contribution in [0.3, 0.4) is 0 Å². The molecule has 108 valence electrons. The predicted molar refractivity (Wildman–Crippen MR) is 82.2 cm³/mol. The lowest BCUT2D eigenvalue weighted by molar-refractivity contribution is -0.142. The van der Waals surface area contributed by atoms with Crippen LogP contribution in [0.5, 0.6) is 0 Å². The van der Waals surface area contributed by atoms with Crippen molar-refractivity contribution in [3.05, 3.63) is 39.9 Å². The average molecular weight is 322 g/mol. The van der Waals surface area contributed by atoms with Crippen LogP contribution >= 0.6 is 22.9 Å². The monoisotopic (exact) mass is 321 g/mol. The van der Waals surface area contributed by atoms with Crippen LogP contribution in [0.1, 0.15) is 25.1 Å². The minimum absolute atomic E-state index is 0.406. The third-order valence-electron chi connectivity index (χ3n) is 3.02. The molecule has 0 aliphatic heterocycles. The highest BCUT2D eigenvalue weighted by atomic mass is 35.5. The fourth-order valence-corrected chi connectivity index (χ4v) is 2.65. The van der Waals surface area contributed by atoms with E-state index in [2.05, 4.69) is 10.3 Å². The van der Waals surface area contributed by atoms with Crippen molar-refractivity contribution in [1.82, 2.24) is 4.98 Å². The molecule has 0 radical (unpaired) electrons. The van der Waals surface area contributed by atoms with Gasteiger partial charge in [-0.05, 0) is 32.0 Å². The van der Waals surface area contributed by atoms with Gasteiger partial charge in [-0.15, -0.1) is 11.3 Å². The first-order chi connectivity index (χ1) is 9.84. The van der Waals surface area contributed by atoms with Crippen LogP contribution in [0.25, 0.3) is 0 Å². The van der Waals surface area contributed by atoms with Crippen LogP contribution in [-0.2, 0) is 10.2 Å². The Kier molecular flexibility index (Phi) is 4.16. The van der Waals surface area contributed by atoms with Gasteiger partial charge in [0.25, 0.3) is 0 Å². The summed E-state index contributed by atoms with van der Waals surface area (Å²) in [7, 11) is 0. The Morgan fingerprint density at radius 3 is 2.81 bits per heavy atom. The number of carboxylic acids is 1. The number of rotatable bonds is 4. The number of aliphatic carboxylic acids is 1. The van der Waals surface area contributed by atoms with Crippen LogP contribution in [0.2, 0.25) is 5.02 Å². The maximum Gasteiger partial charge on any atom is 0.315 e. The molecule has 0 bridgehead atoms. The summed E-state index contributed by atoms with van der Waals surface area (Å²) < 4.78 is 0. The number of hydrogen-bond acceptors (Lipinski definition) is 5. The van der Waals surface area contributed by atoms with Gasteiger partial charge in [-0.2, -0.15) is 5.26 Å². The Morgan fingerprint density at radius 2 is 2.24 bits per heavy atom. The van der Waals surface area contributed by atoms with Gasteiger partial charge >= 0.3 is 5.97 Å². The maximum absolute atomic E-state index is 11.2. The van der Waals surface area contributed by atoms with Gasteiger partial charge in [-0.25, -0.2) is 4.98 Å². The van der Waals surface area contributed by atoms with Crippen molar-refractivity contribution < 1.29 is 9.90 Å². The molecule has 0 fully saturated rings. The first-order valence-electron chi connectivity index (χ1n) is 6.00. The second-order valence-corrected chi connectivity index (χ2v) is 6.16. The molecular weight excluding hydrogens is 310 g/mol. The van der Waals surface area contributed by atoms with E-state index in [-0.39, 0.29) is 0 Å². The number of nitrogens with one attached hydrogen (secondary N) is 1. The molecule has 1 aromatic carbocycles. The van der Waals surface area contributed by atoms with Crippen molar-refractivity contribution >= 4 is 39.7 Å². The van der Waals surface area contributed by atoms with Gasteiger partial charge in [0.15, 0.2) is 5.13 Å². The van der Waals surface area contributed by atoms with Crippen molar-refractivity contribution in [2.45, 2.75) is 19.3 Å². The summed E-state index contributed by atoms with van der Waals surface area (Å²) in [6, 6.07) is 6.89. The van der Waals surface area contributed by atoms with E-state index in [4.69, 9.17) is 16.9 Å². The zero-order chi connectivity index (χ0) is 15.6. The lowest BCUT2D eigenvalue weighted by Crippen LogP contribution is -2.28. The van der Waals surface area contributed by atoms with Crippen molar-refractivity contribution in [3.8, 4) is 6.07 Å². The van der Waals surface area contributed by atoms with Gasteiger partial charge in [0.05, 0.1) is 28.0 Å². The number of aromatic nitrogens is 1. The molecule has 0 aliphatic carbocycles. The van der Waals surface area contributed by atoms with Crippen molar-refractivity contribution in [1.29, 1.82) is 5.26 Å². The number of carboxylic acid groups (broad SMARTS) is 1. The van der Waals surface area contributed by atoms with E-state index in [0.717, 1.165) is 0 Å². The summed E-state index contributed by atoms with van der Waals surface area (Å²) in [5.74, 6) is -0.934. The Labute approximate surface area is 130 Å². The fraction of sp³-hybridized carbons (Fsp3) is 0.214. The summed E-state index contributed by atoms with van der Waals surface area (Å²) in [4.78, 5) is 15.5. The van der Waals surface area contributed by atoms with E-state index in [1.165, 1.54) is 11.3 Å². The molecule has 2 rings (SSSR count). The Hall–Kier alpha value is -2.10. The van der Waals surface area contributed by atoms with Crippen LogP contribution in [0.4, 0.5) is 10.8 Å². The van der Waals surface area contributed by atoms with Crippen LogP contribution in [0.15, 0.2) is 23.6 Å². The van der Waals surface area contributed by atoms with Crippen LogP contribution in [-0.4, -0.2) is 16.1 Å². The number of thiazole rings is 1. The normalized spacial score (nSPS) is 11.0. The van der Waals surface area contributed by atoms with Gasteiger partial charge in [0, 0.05) is 5.38 Å². The van der Waals surface area contributed by atoms with Crippen LogP contribution < -0.4 is 5.32 Å². The summed E-state index contributed by atoms with van der Waals surface area (Å²) in [5, 5.41) is 23.7. The molecule has 21 heavy (non-hydrogen) atoms. The smallest absolute Gasteiger partial charge is 0.315 e. The molecule has 5 nitrogen and oxygen atoms in total. The molecule has 0 aliphatic rings. The molecule has 0 amide bonds. The predicted octanol–water partition coefficient (Wildman–Crippen LogP) is 3.77. The van der Waals surface area contributed by atoms with Crippen molar-refractivity contribution in [2.24, 2.45) is 0 Å². The van der Waals surface area contributed by atoms with Crippen molar-refractivity contribution in [3.63, 3.8) is 0 Å². The van der Waals surface area contributed by atoms with Crippen molar-refractivity contribution in [2.75, 3.05) is 5.32 Å². The molecule has 0 saturated carbocycles. The third kappa shape index (κ3) is 3.15. The van der Waals surface area contributed by atoms with Gasteiger partial charge in [-0.1, -0.05) is 11.6 Å². The number of carbonyl (C=O) groups is 1. The molecule has 1 heterocycles. The van der Waals surface area contributed by atoms with E-state index >= 15 is 0 Å². The highest BCUT2D eigenvalue weighted by Gasteiger charge is 2.32. The average Bonchev–Trinajstić information content (AvgIpc) is 2.90. The zero-order valence-electron chi connectivity index (χ0n) is 11.3. The first-order valence-corrected chi connectivity index (χ1v) is 7.26. The van der Waals surface area contributed by atoms with Gasteiger partial charge in [0.1, 0.15) is 5.41 Å². The highest BCUT2D eigenvalue weighted by Crippen LogP contribution is 2.31. The second kappa shape index (κ2) is 5.72. The number of halogens is 1. The van der Waals surface area contributed by atoms with E-state index < -0.39 is 11.4 Å². The highest BCUT2D eigenvalue weighted by molar-refractivity contribution is 7.13. The van der Waals surface area contributed by atoms with E-state index in [1.807, 2.05) is 6.07 Å².